The Morgan fingerprint density at radius 3 is 3.14 bits per heavy atom. The summed E-state index contributed by atoms with van der Waals surface area (Å²) in [5.41, 5.74) is 5.54. The third kappa shape index (κ3) is 2.49. The fourth-order valence-corrected chi connectivity index (χ4v) is 0.961. The van der Waals surface area contributed by atoms with Gasteiger partial charge in [0.2, 0.25) is 0 Å². The quantitative estimate of drug-likeness (QED) is 0.685. The summed E-state index contributed by atoms with van der Waals surface area (Å²) in [6.07, 6.45) is 1.59. The number of nitrogens with zero attached hydrogens (tertiary/aromatic N) is 1. The molecule has 4 heteroatoms. The molecule has 3 N–H and O–H groups in total. The number of carbonyl (C=O) groups is 1. The Kier molecular flexibility index (Phi) is 3.50. The number of carbonyl (C=O) groups excluding carboxylic acids is 1. The second-order valence-corrected chi connectivity index (χ2v) is 2.54. The fraction of sp³-hybridized carbons (Fsp3) is 0.200. The van der Waals surface area contributed by atoms with Crippen molar-refractivity contribution in [3.8, 4) is 11.8 Å². The number of hydrogen-bond donors (Lipinski definition) is 2. The van der Waals surface area contributed by atoms with Crippen LogP contribution in [0.1, 0.15) is 17.3 Å². The highest BCUT2D eigenvalue weighted by atomic mass is 16.1. The van der Waals surface area contributed by atoms with Crippen LogP contribution in [0.25, 0.3) is 0 Å². The van der Waals surface area contributed by atoms with Crippen LogP contribution in [-0.4, -0.2) is 17.4 Å². The van der Waals surface area contributed by atoms with Crippen molar-refractivity contribution in [2.75, 3.05) is 11.9 Å². The highest BCUT2D eigenvalue weighted by Crippen LogP contribution is 2.09. The standard InChI is InChI=1S/C10H11N3O/c1-2-3-6-12-10-8(9(11)14)5-4-7-13-10/h4-5,7H,6H2,1H3,(H2,11,14)(H,12,13). The van der Waals surface area contributed by atoms with Crippen LogP contribution in [0.3, 0.4) is 0 Å². The molecule has 0 spiro atoms. The maximum absolute atomic E-state index is 11.0. The van der Waals surface area contributed by atoms with Crippen molar-refractivity contribution in [3.63, 3.8) is 0 Å². The molecule has 0 atom stereocenters. The molecule has 1 aromatic rings. The molecular weight excluding hydrogens is 178 g/mol. The highest BCUT2D eigenvalue weighted by molar-refractivity contribution is 5.97. The summed E-state index contributed by atoms with van der Waals surface area (Å²) in [4.78, 5) is 15.0. The average molecular weight is 189 g/mol. The van der Waals surface area contributed by atoms with Gasteiger partial charge in [-0.15, -0.1) is 5.92 Å². The van der Waals surface area contributed by atoms with Crippen LogP contribution >= 0.6 is 0 Å². The molecule has 1 aromatic heterocycles. The minimum atomic E-state index is -0.495. The molecule has 1 rings (SSSR count). The molecule has 0 aliphatic rings. The van der Waals surface area contributed by atoms with Crippen molar-refractivity contribution >= 4 is 11.7 Å². The smallest absolute Gasteiger partial charge is 0.252 e. The van der Waals surface area contributed by atoms with Crippen molar-refractivity contribution < 1.29 is 4.79 Å². The highest BCUT2D eigenvalue weighted by Gasteiger charge is 2.06. The summed E-state index contributed by atoms with van der Waals surface area (Å²) in [5, 5.41) is 2.91. The molecule has 1 amide bonds. The minimum absolute atomic E-state index is 0.380. The van der Waals surface area contributed by atoms with Crippen LogP contribution < -0.4 is 11.1 Å². The molecule has 0 bridgehead atoms. The van der Waals surface area contributed by atoms with Crippen molar-refractivity contribution in [3.05, 3.63) is 23.9 Å². The number of hydrogen-bond acceptors (Lipinski definition) is 3. The molecule has 14 heavy (non-hydrogen) atoms. The molecule has 4 nitrogen and oxygen atoms in total. The van der Waals surface area contributed by atoms with Gasteiger partial charge in [0.1, 0.15) is 5.82 Å². The fourth-order valence-electron chi connectivity index (χ4n) is 0.961. The predicted octanol–water partition coefficient (Wildman–Crippen LogP) is 0.616. The lowest BCUT2D eigenvalue weighted by Crippen LogP contribution is -2.15. The zero-order valence-corrected chi connectivity index (χ0v) is 7.87. The minimum Gasteiger partial charge on any atom is -0.365 e. The van der Waals surface area contributed by atoms with Crippen LogP contribution in [0, 0.1) is 11.8 Å². The number of rotatable bonds is 3. The number of nitrogens with one attached hydrogen (secondary N) is 1. The predicted molar refractivity (Wildman–Crippen MR) is 54.7 cm³/mol. The molecule has 0 radical (unpaired) electrons. The largest absolute Gasteiger partial charge is 0.365 e. The first kappa shape index (κ1) is 10.1. The topological polar surface area (TPSA) is 68.0 Å². The Morgan fingerprint density at radius 1 is 1.71 bits per heavy atom. The second-order valence-electron chi connectivity index (χ2n) is 2.54. The Bertz CT molecular complexity index is 390. The van der Waals surface area contributed by atoms with E-state index in [9.17, 15) is 4.79 Å². The SMILES string of the molecule is CC#CCNc1ncccc1C(N)=O. The number of amides is 1. The number of anilines is 1. The van der Waals surface area contributed by atoms with Gasteiger partial charge in [-0.1, -0.05) is 5.92 Å². The van der Waals surface area contributed by atoms with E-state index in [0.29, 0.717) is 17.9 Å². The molecule has 0 aliphatic heterocycles. The molecule has 1 heterocycles. The van der Waals surface area contributed by atoms with E-state index >= 15 is 0 Å². The lowest BCUT2D eigenvalue weighted by molar-refractivity contribution is 0.100. The molecule has 0 saturated carbocycles. The van der Waals surface area contributed by atoms with Gasteiger partial charge in [-0.2, -0.15) is 0 Å². The Labute approximate surface area is 82.5 Å². The number of aromatic nitrogens is 1. The Morgan fingerprint density at radius 2 is 2.50 bits per heavy atom. The summed E-state index contributed by atoms with van der Waals surface area (Å²) in [7, 11) is 0. The van der Waals surface area contributed by atoms with E-state index in [2.05, 4.69) is 22.1 Å². The lowest BCUT2D eigenvalue weighted by atomic mass is 10.2. The molecule has 0 saturated heterocycles. The monoisotopic (exact) mass is 189 g/mol. The van der Waals surface area contributed by atoms with Gasteiger partial charge in [-0.05, 0) is 19.1 Å². The van der Waals surface area contributed by atoms with Crippen molar-refractivity contribution in [1.29, 1.82) is 0 Å². The first-order valence-electron chi connectivity index (χ1n) is 4.14. The third-order valence-corrected chi connectivity index (χ3v) is 1.59. The summed E-state index contributed by atoms with van der Waals surface area (Å²) in [6.45, 7) is 2.20. The first-order valence-corrected chi connectivity index (χ1v) is 4.14. The summed E-state index contributed by atoms with van der Waals surface area (Å²) in [5.74, 6) is 5.52. The van der Waals surface area contributed by atoms with Gasteiger partial charge in [0.05, 0.1) is 12.1 Å². The van der Waals surface area contributed by atoms with Crippen LogP contribution in [-0.2, 0) is 0 Å². The van der Waals surface area contributed by atoms with Gasteiger partial charge in [0.15, 0.2) is 0 Å². The molecule has 0 aromatic carbocycles. The zero-order valence-electron chi connectivity index (χ0n) is 7.87. The molecule has 0 unspecified atom stereocenters. The number of pyridine rings is 1. The van der Waals surface area contributed by atoms with E-state index in [1.807, 2.05) is 0 Å². The van der Waals surface area contributed by atoms with E-state index in [0.717, 1.165) is 0 Å². The van der Waals surface area contributed by atoms with Gasteiger partial charge < -0.3 is 11.1 Å². The van der Waals surface area contributed by atoms with Gasteiger partial charge in [0.25, 0.3) is 5.91 Å². The van der Waals surface area contributed by atoms with Crippen LogP contribution in [0.4, 0.5) is 5.82 Å². The summed E-state index contributed by atoms with van der Waals surface area (Å²) in [6, 6.07) is 3.29. The van der Waals surface area contributed by atoms with E-state index < -0.39 is 5.91 Å². The number of primary amides is 1. The maximum Gasteiger partial charge on any atom is 0.252 e. The van der Waals surface area contributed by atoms with Gasteiger partial charge >= 0.3 is 0 Å². The molecule has 72 valence electrons. The van der Waals surface area contributed by atoms with E-state index in [1.54, 1.807) is 25.3 Å². The summed E-state index contributed by atoms with van der Waals surface area (Å²) < 4.78 is 0. The van der Waals surface area contributed by atoms with Crippen LogP contribution in [0.5, 0.6) is 0 Å². The Balaban J connectivity index is 2.83. The van der Waals surface area contributed by atoms with Gasteiger partial charge in [-0.3, -0.25) is 4.79 Å². The lowest BCUT2D eigenvalue weighted by Gasteiger charge is -2.04. The normalized spacial score (nSPS) is 8.64. The van der Waals surface area contributed by atoms with Gasteiger partial charge in [0, 0.05) is 6.20 Å². The van der Waals surface area contributed by atoms with Gasteiger partial charge in [-0.25, -0.2) is 4.98 Å². The van der Waals surface area contributed by atoms with E-state index in [4.69, 9.17) is 5.73 Å². The van der Waals surface area contributed by atoms with Crippen LogP contribution in [0.15, 0.2) is 18.3 Å². The molecule has 0 aliphatic carbocycles. The van der Waals surface area contributed by atoms with E-state index in [1.165, 1.54) is 0 Å². The second kappa shape index (κ2) is 4.87. The van der Waals surface area contributed by atoms with E-state index in [-0.39, 0.29) is 0 Å². The third-order valence-electron chi connectivity index (χ3n) is 1.59. The average Bonchev–Trinajstić information content (AvgIpc) is 2.19. The molecule has 0 fully saturated rings. The Hall–Kier alpha value is -2.02. The molecular formula is C10H11N3O. The van der Waals surface area contributed by atoms with Crippen molar-refractivity contribution in [2.45, 2.75) is 6.92 Å². The van der Waals surface area contributed by atoms with Crippen molar-refractivity contribution in [2.24, 2.45) is 5.73 Å². The number of nitrogens with two attached hydrogens (primary N) is 1. The van der Waals surface area contributed by atoms with Crippen molar-refractivity contribution in [1.82, 2.24) is 4.98 Å². The zero-order chi connectivity index (χ0) is 10.4. The first-order chi connectivity index (χ1) is 6.75. The maximum atomic E-state index is 11.0. The summed E-state index contributed by atoms with van der Waals surface area (Å²) >= 11 is 0. The van der Waals surface area contributed by atoms with Crippen LogP contribution in [0.2, 0.25) is 0 Å².